The number of hydrogen-bond acceptors (Lipinski definition) is 4. The third kappa shape index (κ3) is 1.09. The fourth-order valence-corrected chi connectivity index (χ4v) is 0.788. The predicted octanol–water partition coefficient (Wildman–Crippen LogP) is -0.649. The Morgan fingerprint density at radius 3 is 2.58 bits per heavy atom. The first kappa shape index (κ1) is 6.71. The lowest BCUT2D eigenvalue weighted by molar-refractivity contribution is 0.797. The van der Waals surface area contributed by atoms with Crippen LogP contribution in [0.5, 0.6) is 0 Å². The first-order chi connectivity index (χ1) is 5.86. The van der Waals surface area contributed by atoms with E-state index in [1.165, 1.54) is 11.0 Å². The second-order valence-corrected chi connectivity index (χ2v) is 2.08. The Morgan fingerprint density at radius 1 is 1.25 bits per heavy atom. The van der Waals surface area contributed by atoms with Crippen LogP contribution >= 0.6 is 0 Å². The van der Waals surface area contributed by atoms with Gasteiger partial charge in [0.25, 0.3) is 0 Å². The van der Waals surface area contributed by atoms with Crippen LogP contribution in [-0.2, 0) is 0 Å². The topological polar surface area (TPSA) is 76.5 Å². The van der Waals surface area contributed by atoms with Crippen LogP contribution in [0.1, 0.15) is 0 Å². The summed E-state index contributed by atoms with van der Waals surface area (Å²) < 4.78 is 1.35. The fraction of sp³-hybridized carbons (Fsp3) is 0. The van der Waals surface area contributed by atoms with Gasteiger partial charge in [0.1, 0.15) is 6.33 Å². The molecule has 2 aromatic heterocycles. The van der Waals surface area contributed by atoms with Crippen molar-refractivity contribution in [3.8, 4) is 5.95 Å². The Bertz CT molecular complexity index is 417. The predicted molar refractivity (Wildman–Crippen MR) is 39.8 cm³/mol. The van der Waals surface area contributed by atoms with E-state index < -0.39 is 5.69 Å². The molecule has 1 N–H and O–H groups in total. The average molecular weight is 163 g/mol. The summed E-state index contributed by atoms with van der Waals surface area (Å²) in [7, 11) is 0. The Kier molecular flexibility index (Phi) is 1.44. The van der Waals surface area contributed by atoms with Crippen LogP contribution in [0.25, 0.3) is 5.95 Å². The lowest BCUT2D eigenvalue weighted by Crippen LogP contribution is -2.07. The molecular formula is C6H5N5O. The quantitative estimate of drug-likeness (QED) is 0.606. The van der Waals surface area contributed by atoms with Gasteiger partial charge < -0.3 is 0 Å². The summed E-state index contributed by atoms with van der Waals surface area (Å²) in [5.74, 6) is 0.395. The molecule has 0 atom stereocenters. The van der Waals surface area contributed by atoms with Gasteiger partial charge in [0.05, 0.1) is 0 Å². The van der Waals surface area contributed by atoms with E-state index in [0.717, 1.165) is 0 Å². The molecule has 2 heterocycles. The minimum Gasteiger partial charge on any atom is -0.244 e. The first-order valence-electron chi connectivity index (χ1n) is 3.27. The number of rotatable bonds is 1. The molecule has 0 aliphatic rings. The highest BCUT2D eigenvalue weighted by molar-refractivity contribution is 5.04. The van der Waals surface area contributed by atoms with Crippen molar-refractivity contribution < 1.29 is 0 Å². The molecule has 0 saturated carbocycles. The molecule has 0 aliphatic heterocycles. The number of hydrogen-bond donors (Lipinski definition) is 1. The van der Waals surface area contributed by atoms with E-state index in [1.807, 2.05) is 0 Å². The number of aromatic nitrogens is 5. The molecule has 0 unspecified atom stereocenters. The summed E-state index contributed by atoms with van der Waals surface area (Å²) in [5.41, 5.74) is -0.414. The number of nitrogens with one attached hydrogen (secondary N) is 1. The molecule has 0 aliphatic carbocycles. The van der Waals surface area contributed by atoms with Crippen molar-refractivity contribution in [2.45, 2.75) is 0 Å². The van der Waals surface area contributed by atoms with E-state index in [4.69, 9.17) is 0 Å². The molecule has 0 spiro atoms. The highest BCUT2D eigenvalue weighted by atomic mass is 16.1. The van der Waals surface area contributed by atoms with Crippen LogP contribution < -0.4 is 5.69 Å². The van der Waals surface area contributed by atoms with E-state index >= 15 is 0 Å². The SMILES string of the molecule is O=c1ncn(-c2ncccn2)[nH]1. The summed E-state index contributed by atoms with van der Waals surface area (Å²) in [6.45, 7) is 0. The minimum atomic E-state index is -0.414. The monoisotopic (exact) mass is 163 g/mol. The molecule has 0 radical (unpaired) electrons. The molecule has 60 valence electrons. The van der Waals surface area contributed by atoms with Gasteiger partial charge in [-0.1, -0.05) is 0 Å². The summed E-state index contributed by atoms with van der Waals surface area (Å²) in [5, 5.41) is 2.42. The first-order valence-corrected chi connectivity index (χ1v) is 3.27. The van der Waals surface area contributed by atoms with Crippen molar-refractivity contribution in [2.24, 2.45) is 0 Å². The lowest BCUT2D eigenvalue weighted by Gasteiger charge is -1.94. The van der Waals surface area contributed by atoms with Crippen molar-refractivity contribution in [2.75, 3.05) is 0 Å². The molecule has 2 aromatic rings. The zero-order valence-electron chi connectivity index (χ0n) is 6.01. The lowest BCUT2D eigenvalue weighted by atomic mass is 10.7. The number of aromatic amines is 1. The van der Waals surface area contributed by atoms with E-state index in [1.54, 1.807) is 18.5 Å². The van der Waals surface area contributed by atoms with Crippen molar-refractivity contribution in [1.29, 1.82) is 0 Å². The van der Waals surface area contributed by atoms with Gasteiger partial charge >= 0.3 is 5.69 Å². The normalized spacial score (nSPS) is 10.0. The third-order valence-electron chi connectivity index (χ3n) is 1.27. The van der Waals surface area contributed by atoms with Crippen LogP contribution in [0.15, 0.2) is 29.6 Å². The molecule has 2 rings (SSSR count). The van der Waals surface area contributed by atoms with Crippen LogP contribution in [0.4, 0.5) is 0 Å². The van der Waals surface area contributed by atoms with Gasteiger partial charge in [-0.15, -0.1) is 0 Å². The number of H-pyrrole nitrogens is 1. The standard InChI is InChI=1S/C6H5N5O/c12-6-9-4-11(10-6)5-7-2-1-3-8-5/h1-4H,(H,10,12). The van der Waals surface area contributed by atoms with E-state index in [-0.39, 0.29) is 0 Å². The third-order valence-corrected chi connectivity index (χ3v) is 1.27. The smallest absolute Gasteiger partial charge is 0.244 e. The van der Waals surface area contributed by atoms with Crippen molar-refractivity contribution >= 4 is 0 Å². The van der Waals surface area contributed by atoms with Gasteiger partial charge in [0, 0.05) is 12.4 Å². The molecule has 12 heavy (non-hydrogen) atoms. The van der Waals surface area contributed by atoms with Crippen LogP contribution in [-0.4, -0.2) is 24.7 Å². The average Bonchev–Trinajstić information content (AvgIpc) is 2.54. The van der Waals surface area contributed by atoms with Crippen molar-refractivity contribution in [3.63, 3.8) is 0 Å². The molecule has 0 fully saturated rings. The van der Waals surface area contributed by atoms with Crippen LogP contribution in [0.3, 0.4) is 0 Å². The maximum absolute atomic E-state index is 10.6. The van der Waals surface area contributed by atoms with Gasteiger partial charge in [-0.3, -0.25) is 0 Å². The maximum Gasteiger partial charge on any atom is 0.361 e. The van der Waals surface area contributed by atoms with E-state index in [2.05, 4.69) is 20.1 Å². The summed E-state index contributed by atoms with van der Waals surface area (Å²) in [4.78, 5) is 21.9. The molecule has 0 saturated heterocycles. The van der Waals surface area contributed by atoms with Gasteiger partial charge in [-0.25, -0.2) is 24.5 Å². The Hall–Kier alpha value is -1.98. The molecule has 0 bridgehead atoms. The van der Waals surface area contributed by atoms with E-state index in [0.29, 0.717) is 5.95 Å². The van der Waals surface area contributed by atoms with Gasteiger partial charge in [-0.05, 0) is 6.07 Å². The summed E-state index contributed by atoms with van der Waals surface area (Å²) >= 11 is 0. The minimum absolute atomic E-state index is 0.395. The second kappa shape index (κ2) is 2.57. The van der Waals surface area contributed by atoms with Crippen molar-refractivity contribution in [1.82, 2.24) is 24.7 Å². The molecule has 6 nitrogen and oxygen atoms in total. The summed E-state index contributed by atoms with van der Waals surface area (Å²) in [6, 6.07) is 1.69. The van der Waals surface area contributed by atoms with Crippen LogP contribution in [0.2, 0.25) is 0 Å². The Morgan fingerprint density at radius 2 is 2.00 bits per heavy atom. The second-order valence-electron chi connectivity index (χ2n) is 2.08. The van der Waals surface area contributed by atoms with Gasteiger partial charge in [-0.2, -0.15) is 4.98 Å². The summed E-state index contributed by atoms with van der Waals surface area (Å²) in [6.07, 6.45) is 4.50. The number of nitrogens with zero attached hydrogens (tertiary/aromatic N) is 4. The molecule has 0 amide bonds. The van der Waals surface area contributed by atoms with Crippen molar-refractivity contribution in [3.05, 3.63) is 35.3 Å². The molecule has 0 aromatic carbocycles. The van der Waals surface area contributed by atoms with Gasteiger partial charge in [0.15, 0.2) is 0 Å². The molecular weight excluding hydrogens is 158 g/mol. The van der Waals surface area contributed by atoms with Gasteiger partial charge in [0.2, 0.25) is 5.95 Å². The fourth-order valence-electron chi connectivity index (χ4n) is 0.788. The highest BCUT2D eigenvalue weighted by Crippen LogP contribution is 1.90. The zero-order chi connectivity index (χ0) is 8.39. The highest BCUT2D eigenvalue weighted by Gasteiger charge is 1.97. The van der Waals surface area contributed by atoms with E-state index in [9.17, 15) is 4.79 Å². The Labute approximate surface area is 66.9 Å². The van der Waals surface area contributed by atoms with Crippen LogP contribution in [0, 0.1) is 0 Å². The zero-order valence-corrected chi connectivity index (χ0v) is 6.01. The Balaban J connectivity index is 2.51. The maximum atomic E-state index is 10.6. The largest absolute Gasteiger partial charge is 0.361 e. The molecule has 6 heteroatoms.